The van der Waals surface area contributed by atoms with Crippen LogP contribution in [0.5, 0.6) is 0 Å². The van der Waals surface area contributed by atoms with Gasteiger partial charge < -0.3 is 10.0 Å². The van der Waals surface area contributed by atoms with Crippen LogP contribution < -0.4 is 4.90 Å². The first kappa shape index (κ1) is 17.0. The van der Waals surface area contributed by atoms with Crippen molar-refractivity contribution in [1.29, 1.82) is 0 Å². The fourth-order valence-electron chi connectivity index (χ4n) is 2.75. The van der Waals surface area contributed by atoms with Gasteiger partial charge in [-0.15, -0.1) is 0 Å². The molecule has 7 heteroatoms. The van der Waals surface area contributed by atoms with Gasteiger partial charge in [-0.25, -0.2) is 0 Å². The Morgan fingerprint density at radius 1 is 1.18 bits per heavy atom. The molecule has 0 radical (unpaired) electrons. The van der Waals surface area contributed by atoms with Gasteiger partial charge in [-0.2, -0.15) is 0 Å². The molecule has 1 aromatic rings. The summed E-state index contributed by atoms with van der Waals surface area (Å²) in [4.78, 5) is 15.2. The van der Waals surface area contributed by atoms with E-state index in [0.717, 1.165) is 52.0 Å². The number of nitro benzene ring substituents is 1. The summed E-state index contributed by atoms with van der Waals surface area (Å²) in [5.41, 5.74) is 0.721. The lowest BCUT2D eigenvalue weighted by Crippen LogP contribution is -2.46. The number of unbranched alkanes of at least 4 members (excludes halogenated alkanes) is 2. The molecule has 6 nitrogen and oxygen atoms in total. The lowest BCUT2D eigenvalue weighted by atomic mass is 10.2. The first-order valence-corrected chi connectivity index (χ1v) is 8.01. The van der Waals surface area contributed by atoms with Crippen molar-refractivity contribution in [3.8, 4) is 0 Å². The lowest BCUT2D eigenvalue weighted by molar-refractivity contribution is -0.384. The van der Waals surface area contributed by atoms with Crippen LogP contribution in [0.15, 0.2) is 18.2 Å². The maximum Gasteiger partial charge on any atom is 0.294 e. The minimum atomic E-state index is -0.373. The molecule has 0 atom stereocenters. The van der Waals surface area contributed by atoms with Crippen LogP contribution in [-0.4, -0.2) is 54.3 Å². The van der Waals surface area contributed by atoms with Crippen molar-refractivity contribution in [2.24, 2.45) is 0 Å². The molecule has 1 saturated heterocycles. The second-order valence-corrected chi connectivity index (χ2v) is 5.94. The number of aliphatic hydroxyl groups excluding tert-OH is 1. The van der Waals surface area contributed by atoms with Crippen LogP contribution in [-0.2, 0) is 0 Å². The fourth-order valence-corrected chi connectivity index (χ4v) is 2.91. The maximum absolute atomic E-state index is 11.2. The molecule has 1 N–H and O–H groups in total. The number of nitrogens with zero attached hydrogens (tertiary/aromatic N) is 3. The number of hydrogen-bond acceptors (Lipinski definition) is 5. The van der Waals surface area contributed by atoms with Crippen molar-refractivity contribution < 1.29 is 10.0 Å². The number of nitro groups is 1. The first-order valence-electron chi connectivity index (χ1n) is 7.64. The molecule has 1 heterocycles. The lowest BCUT2D eigenvalue weighted by Gasteiger charge is -2.35. The molecular formula is C15H22ClN3O3. The summed E-state index contributed by atoms with van der Waals surface area (Å²) >= 11 is 5.86. The van der Waals surface area contributed by atoms with Gasteiger partial charge in [0.15, 0.2) is 0 Å². The van der Waals surface area contributed by atoms with Crippen molar-refractivity contribution in [3.05, 3.63) is 33.3 Å². The number of rotatable bonds is 7. The Morgan fingerprint density at radius 2 is 1.91 bits per heavy atom. The fraction of sp³-hybridized carbons (Fsp3) is 0.600. The van der Waals surface area contributed by atoms with Crippen LogP contribution >= 0.6 is 11.6 Å². The zero-order chi connectivity index (χ0) is 15.9. The van der Waals surface area contributed by atoms with E-state index in [1.165, 1.54) is 6.07 Å². The summed E-state index contributed by atoms with van der Waals surface area (Å²) in [6.45, 7) is 4.65. The second-order valence-electron chi connectivity index (χ2n) is 5.50. The molecule has 0 spiro atoms. The molecule has 2 rings (SSSR count). The zero-order valence-electron chi connectivity index (χ0n) is 12.6. The Bertz CT molecular complexity index is 505. The number of halogens is 1. The maximum atomic E-state index is 11.2. The van der Waals surface area contributed by atoms with Crippen molar-refractivity contribution >= 4 is 23.0 Å². The van der Waals surface area contributed by atoms with Crippen molar-refractivity contribution in [2.45, 2.75) is 19.3 Å². The van der Waals surface area contributed by atoms with Crippen LogP contribution in [0.4, 0.5) is 11.4 Å². The highest BCUT2D eigenvalue weighted by Crippen LogP contribution is 2.31. The third kappa shape index (κ3) is 4.56. The molecule has 1 aromatic carbocycles. The van der Waals surface area contributed by atoms with Gasteiger partial charge >= 0.3 is 0 Å². The first-order chi connectivity index (χ1) is 10.6. The van der Waals surface area contributed by atoms with E-state index in [2.05, 4.69) is 9.80 Å². The predicted molar refractivity (Wildman–Crippen MR) is 87.7 cm³/mol. The highest BCUT2D eigenvalue weighted by molar-refractivity contribution is 6.30. The van der Waals surface area contributed by atoms with Gasteiger partial charge in [-0.3, -0.25) is 15.0 Å². The molecule has 22 heavy (non-hydrogen) atoms. The SMILES string of the molecule is O=[N+]([O-])c1cc(Cl)ccc1N1CCN(CCCCCO)CC1. The highest BCUT2D eigenvalue weighted by atomic mass is 35.5. The third-order valence-electron chi connectivity index (χ3n) is 3.98. The summed E-state index contributed by atoms with van der Waals surface area (Å²) in [5.74, 6) is 0. The molecule has 0 aliphatic carbocycles. The molecule has 1 fully saturated rings. The Morgan fingerprint density at radius 3 is 2.55 bits per heavy atom. The summed E-state index contributed by atoms with van der Waals surface area (Å²) in [5, 5.41) is 20.3. The molecular weight excluding hydrogens is 306 g/mol. The summed E-state index contributed by atoms with van der Waals surface area (Å²) < 4.78 is 0. The second kappa shape index (κ2) is 8.31. The van der Waals surface area contributed by atoms with E-state index >= 15 is 0 Å². The largest absolute Gasteiger partial charge is 0.396 e. The number of hydrogen-bond donors (Lipinski definition) is 1. The van der Waals surface area contributed by atoms with Gasteiger partial charge in [0, 0.05) is 43.9 Å². The van der Waals surface area contributed by atoms with E-state index in [-0.39, 0.29) is 17.2 Å². The van der Waals surface area contributed by atoms with Gasteiger partial charge in [0.1, 0.15) is 5.69 Å². The van der Waals surface area contributed by atoms with Crippen molar-refractivity contribution in [2.75, 3.05) is 44.2 Å². The van der Waals surface area contributed by atoms with E-state index in [4.69, 9.17) is 16.7 Å². The smallest absolute Gasteiger partial charge is 0.294 e. The Labute approximate surface area is 135 Å². The average molecular weight is 328 g/mol. The number of aliphatic hydroxyl groups is 1. The van der Waals surface area contributed by atoms with Gasteiger partial charge in [0.25, 0.3) is 5.69 Å². The number of anilines is 1. The molecule has 0 aromatic heterocycles. The summed E-state index contributed by atoms with van der Waals surface area (Å²) in [6, 6.07) is 4.85. The normalized spacial score (nSPS) is 16.0. The van der Waals surface area contributed by atoms with Crippen LogP contribution in [0.1, 0.15) is 19.3 Å². The Hall–Kier alpha value is -1.37. The van der Waals surface area contributed by atoms with Crippen LogP contribution in [0.2, 0.25) is 5.02 Å². The Kier molecular flexibility index (Phi) is 6.42. The van der Waals surface area contributed by atoms with Crippen LogP contribution in [0.3, 0.4) is 0 Å². The van der Waals surface area contributed by atoms with Crippen molar-refractivity contribution in [3.63, 3.8) is 0 Å². The van der Waals surface area contributed by atoms with Gasteiger partial charge in [0.05, 0.1) is 4.92 Å². The minimum absolute atomic E-state index is 0.0731. The molecule has 0 unspecified atom stereocenters. The van der Waals surface area contributed by atoms with Gasteiger partial charge in [0.2, 0.25) is 0 Å². The molecule has 1 aliphatic heterocycles. The van der Waals surface area contributed by atoms with Crippen molar-refractivity contribution in [1.82, 2.24) is 4.90 Å². The third-order valence-corrected chi connectivity index (χ3v) is 4.21. The van der Waals surface area contributed by atoms with E-state index in [9.17, 15) is 10.1 Å². The quantitative estimate of drug-likeness (QED) is 0.473. The monoisotopic (exact) mass is 327 g/mol. The van der Waals surface area contributed by atoms with Gasteiger partial charge in [-0.05, 0) is 37.9 Å². The van der Waals surface area contributed by atoms with Crippen LogP contribution in [0, 0.1) is 10.1 Å². The van der Waals surface area contributed by atoms with E-state index < -0.39 is 0 Å². The number of benzene rings is 1. The van der Waals surface area contributed by atoms with E-state index in [0.29, 0.717) is 10.7 Å². The topological polar surface area (TPSA) is 69.9 Å². The molecule has 0 amide bonds. The predicted octanol–water partition coefficient (Wildman–Crippen LogP) is 2.53. The molecule has 122 valence electrons. The summed E-state index contributed by atoms with van der Waals surface area (Å²) in [6.07, 6.45) is 2.98. The Balaban J connectivity index is 1.90. The van der Waals surface area contributed by atoms with E-state index in [1.807, 2.05) is 0 Å². The number of piperazine rings is 1. The highest BCUT2D eigenvalue weighted by Gasteiger charge is 2.23. The molecule has 1 aliphatic rings. The summed E-state index contributed by atoms with van der Waals surface area (Å²) in [7, 11) is 0. The molecule has 0 bridgehead atoms. The average Bonchev–Trinajstić information content (AvgIpc) is 2.52. The molecule has 0 saturated carbocycles. The van der Waals surface area contributed by atoms with Crippen LogP contribution in [0.25, 0.3) is 0 Å². The standard InChI is InChI=1S/C15H22ClN3O3/c16-13-4-5-14(15(12-13)19(21)22)18-9-7-17(8-10-18)6-2-1-3-11-20/h4-5,12,20H,1-3,6-11H2. The van der Waals surface area contributed by atoms with E-state index in [1.54, 1.807) is 12.1 Å². The zero-order valence-corrected chi connectivity index (χ0v) is 13.3. The minimum Gasteiger partial charge on any atom is -0.396 e. The van der Waals surface area contributed by atoms with Gasteiger partial charge in [-0.1, -0.05) is 11.6 Å².